The number of carbonyl (C=O) groups excluding carboxylic acids is 1. The molecule has 0 spiro atoms. The molecule has 0 radical (unpaired) electrons. The predicted molar refractivity (Wildman–Crippen MR) is 59.2 cm³/mol. The first-order valence-electron chi connectivity index (χ1n) is 4.58. The van der Waals surface area contributed by atoms with Crippen LogP contribution in [0.25, 0.3) is 0 Å². The number of nitriles is 1. The van der Waals surface area contributed by atoms with E-state index in [9.17, 15) is 4.79 Å². The van der Waals surface area contributed by atoms with Crippen molar-refractivity contribution in [3.05, 3.63) is 41.5 Å². The van der Waals surface area contributed by atoms with Crippen molar-refractivity contribution in [3.8, 4) is 6.07 Å². The summed E-state index contributed by atoms with van der Waals surface area (Å²) >= 11 is 0. The maximum Gasteiger partial charge on any atom is 0.248 e. The molecule has 3 heteroatoms. The van der Waals surface area contributed by atoms with Crippen LogP contribution < -0.4 is 5.32 Å². The zero-order valence-electron chi connectivity index (χ0n) is 8.74. The van der Waals surface area contributed by atoms with E-state index in [0.29, 0.717) is 11.3 Å². The third kappa shape index (κ3) is 3.65. The second kappa shape index (κ2) is 4.97. The quantitative estimate of drug-likeness (QED) is 0.745. The SMILES string of the molecule is CC(C)=CC(=O)Nc1cccc(C#N)c1. The minimum absolute atomic E-state index is 0.176. The van der Waals surface area contributed by atoms with E-state index in [1.165, 1.54) is 6.08 Å². The summed E-state index contributed by atoms with van der Waals surface area (Å²) in [6.07, 6.45) is 1.51. The van der Waals surface area contributed by atoms with Crippen LogP contribution in [-0.4, -0.2) is 5.91 Å². The summed E-state index contributed by atoms with van der Waals surface area (Å²) < 4.78 is 0. The minimum Gasteiger partial charge on any atom is -0.322 e. The van der Waals surface area contributed by atoms with Gasteiger partial charge in [-0.25, -0.2) is 0 Å². The van der Waals surface area contributed by atoms with E-state index in [1.807, 2.05) is 19.9 Å². The number of nitrogens with one attached hydrogen (secondary N) is 1. The van der Waals surface area contributed by atoms with E-state index in [-0.39, 0.29) is 5.91 Å². The lowest BCUT2D eigenvalue weighted by atomic mass is 10.2. The lowest BCUT2D eigenvalue weighted by Gasteiger charge is -2.02. The van der Waals surface area contributed by atoms with Crippen molar-refractivity contribution in [1.82, 2.24) is 0 Å². The first-order chi connectivity index (χ1) is 7.11. The number of hydrogen-bond donors (Lipinski definition) is 1. The molecule has 0 aliphatic heterocycles. The highest BCUT2D eigenvalue weighted by atomic mass is 16.1. The molecule has 0 aliphatic carbocycles. The Labute approximate surface area is 89.0 Å². The summed E-state index contributed by atoms with van der Waals surface area (Å²) in [5, 5.41) is 11.3. The maximum atomic E-state index is 11.4. The third-order valence-electron chi connectivity index (χ3n) is 1.68. The molecule has 0 atom stereocenters. The van der Waals surface area contributed by atoms with Crippen molar-refractivity contribution in [2.75, 3.05) is 5.32 Å². The summed E-state index contributed by atoms with van der Waals surface area (Å²) in [6.45, 7) is 3.70. The van der Waals surface area contributed by atoms with Crippen LogP contribution in [0.15, 0.2) is 35.9 Å². The second-order valence-corrected chi connectivity index (χ2v) is 3.40. The van der Waals surface area contributed by atoms with Crippen LogP contribution >= 0.6 is 0 Å². The molecule has 1 aromatic rings. The van der Waals surface area contributed by atoms with Gasteiger partial charge in [0.25, 0.3) is 0 Å². The van der Waals surface area contributed by atoms with E-state index in [1.54, 1.807) is 24.3 Å². The van der Waals surface area contributed by atoms with Gasteiger partial charge in [0, 0.05) is 11.8 Å². The van der Waals surface area contributed by atoms with E-state index < -0.39 is 0 Å². The monoisotopic (exact) mass is 200 g/mol. The lowest BCUT2D eigenvalue weighted by molar-refractivity contribution is -0.111. The van der Waals surface area contributed by atoms with Gasteiger partial charge in [-0.15, -0.1) is 0 Å². The predicted octanol–water partition coefficient (Wildman–Crippen LogP) is 2.46. The molecule has 1 amide bonds. The van der Waals surface area contributed by atoms with Crippen molar-refractivity contribution in [2.45, 2.75) is 13.8 Å². The normalized spacial score (nSPS) is 8.87. The molecule has 15 heavy (non-hydrogen) atoms. The van der Waals surface area contributed by atoms with Crippen LogP contribution in [0.3, 0.4) is 0 Å². The van der Waals surface area contributed by atoms with Gasteiger partial charge < -0.3 is 5.32 Å². The van der Waals surface area contributed by atoms with Crippen molar-refractivity contribution in [1.29, 1.82) is 5.26 Å². The summed E-state index contributed by atoms with van der Waals surface area (Å²) in [4.78, 5) is 11.4. The number of nitrogens with zero attached hydrogens (tertiary/aromatic N) is 1. The molecule has 1 aromatic carbocycles. The fourth-order valence-corrected chi connectivity index (χ4v) is 1.11. The highest BCUT2D eigenvalue weighted by molar-refractivity contribution is 5.99. The Morgan fingerprint density at radius 1 is 1.47 bits per heavy atom. The first kappa shape index (κ1) is 11.0. The van der Waals surface area contributed by atoms with E-state index in [4.69, 9.17) is 5.26 Å². The standard InChI is InChI=1S/C12H12N2O/c1-9(2)6-12(15)14-11-5-3-4-10(7-11)8-13/h3-7H,1-2H3,(H,14,15). The van der Waals surface area contributed by atoms with Crippen molar-refractivity contribution >= 4 is 11.6 Å². The number of anilines is 1. The van der Waals surface area contributed by atoms with Gasteiger partial charge in [0.1, 0.15) is 0 Å². The molecule has 0 unspecified atom stereocenters. The fourth-order valence-electron chi connectivity index (χ4n) is 1.11. The summed E-state index contributed by atoms with van der Waals surface area (Å²) in [7, 11) is 0. The average Bonchev–Trinajstić information content (AvgIpc) is 2.16. The zero-order chi connectivity index (χ0) is 11.3. The van der Waals surface area contributed by atoms with E-state index in [2.05, 4.69) is 5.32 Å². The topological polar surface area (TPSA) is 52.9 Å². The van der Waals surface area contributed by atoms with Crippen LogP contribution in [-0.2, 0) is 4.79 Å². The van der Waals surface area contributed by atoms with Crippen LogP contribution in [0, 0.1) is 11.3 Å². The Morgan fingerprint density at radius 3 is 2.80 bits per heavy atom. The molecule has 1 N–H and O–H groups in total. The molecule has 0 aromatic heterocycles. The molecule has 0 fully saturated rings. The summed E-state index contributed by atoms with van der Waals surface area (Å²) in [5.41, 5.74) is 2.10. The Kier molecular flexibility index (Phi) is 3.64. The van der Waals surface area contributed by atoms with Crippen LogP contribution in [0.1, 0.15) is 19.4 Å². The molecule has 0 bridgehead atoms. The molecule has 1 rings (SSSR count). The van der Waals surface area contributed by atoms with Crippen molar-refractivity contribution in [3.63, 3.8) is 0 Å². The minimum atomic E-state index is -0.176. The van der Waals surface area contributed by atoms with Gasteiger partial charge in [-0.2, -0.15) is 5.26 Å². The van der Waals surface area contributed by atoms with Gasteiger partial charge in [-0.3, -0.25) is 4.79 Å². The van der Waals surface area contributed by atoms with Gasteiger partial charge in [0.15, 0.2) is 0 Å². The fraction of sp³-hybridized carbons (Fsp3) is 0.167. The molecule has 76 valence electrons. The van der Waals surface area contributed by atoms with Gasteiger partial charge in [-0.05, 0) is 32.0 Å². The Hall–Kier alpha value is -2.08. The number of rotatable bonds is 2. The second-order valence-electron chi connectivity index (χ2n) is 3.40. The summed E-state index contributed by atoms with van der Waals surface area (Å²) in [6, 6.07) is 8.82. The number of amides is 1. The number of allylic oxidation sites excluding steroid dienone is 1. The van der Waals surface area contributed by atoms with Crippen molar-refractivity contribution < 1.29 is 4.79 Å². The van der Waals surface area contributed by atoms with E-state index in [0.717, 1.165) is 5.57 Å². The Morgan fingerprint density at radius 2 is 2.20 bits per heavy atom. The Balaban J connectivity index is 2.78. The van der Waals surface area contributed by atoms with E-state index >= 15 is 0 Å². The van der Waals surface area contributed by atoms with Gasteiger partial charge in [-0.1, -0.05) is 11.6 Å². The molecule has 0 heterocycles. The zero-order valence-corrected chi connectivity index (χ0v) is 8.74. The molecule has 3 nitrogen and oxygen atoms in total. The number of hydrogen-bond acceptors (Lipinski definition) is 2. The average molecular weight is 200 g/mol. The smallest absolute Gasteiger partial charge is 0.248 e. The number of carbonyl (C=O) groups is 1. The van der Waals surface area contributed by atoms with Crippen molar-refractivity contribution in [2.24, 2.45) is 0 Å². The summed E-state index contributed by atoms with van der Waals surface area (Å²) in [5.74, 6) is -0.176. The van der Waals surface area contributed by atoms with Gasteiger partial charge in [0.05, 0.1) is 11.6 Å². The highest BCUT2D eigenvalue weighted by Gasteiger charge is 1.98. The first-order valence-corrected chi connectivity index (χ1v) is 4.58. The maximum absolute atomic E-state index is 11.4. The highest BCUT2D eigenvalue weighted by Crippen LogP contribution is 2.09. The molecule has 0 aliphatic rings. The third-order valence-corrected chi connectivity index (χ3v) is 1.68. The Bertz CT molecular complexity index is 437. The molecular weight excluding hydrogens is 188 g/mol. The largest absolute Gasteiger partial charge is 0.322 e. The molecule has 0 saturated heterocycles. The van der Waals surface area contributed by atoms with Gasteiger partial charge >= 0.3 is 0 Å². The van der Waals surface area contributed by atoms with Crippen LogP contribution in [0.5, 0.6) is 0 Å². The lowest BCUT2D eigenvalue weighted by Crippen LogP contribution is -2.08. The van der Waals surface area contributed by atoms with Crippen LogP contribution in [0.4, 0.5) is 5.69 Å². The molecule has 0 saturated carbocycles. The van der Waals surface area contributed by atoms with Gasteiger partial charge in [0.2, 0.25) is 5.91 Å². The number of benzene rings is 1. The van der Waals surface area contributed by atoms with Crippen LogP contribution in [0.2, 0.25) is 0 Å². The molecular formula is C12H12N2O.